The maximum absolute atomic E-state index is 6.10. The molecule has 0 aliphatic rings. The van der Waals surface area contributed by atoms with Crippen molar-refractivity contribution in [3.05, 3.63) is 55.7 Å². The second-order valence-corrected chi connectivity index (χ2v) is 6.51. The molecule has 0 spiro atoms. The zero-order chi connectivity index (χ0) is 14.0. The van der Waals surface area contributed by atoms with Gasteiger partial charge in [-0.15, -0.1) is 0 Å². The van der Waals surface area contributed by atoms with Gasteiger partial charge in [-0.05, 0) is 43.2 Å². The van der Waals surface area contributed by atoms with Gasteiger partial charge < -0.3 is 5.32 Å². The molecule has 0 amide bonds. The van der Waals surface area contributed by atoms with Crippen LogP contribution in [0.2, 0.25) is 5.15 Å². The van der Waals surface area contributed by atoms with Gasteiger partial charge in [0, 0.05) is 21.2 Å². The maximum atomic E-state index is 6.10. The topological polar surface area (TPSA) is 24.9 Å². The van der Waals surface area contributed by atoms with Crippen LogP contribution in [-0.4, -0.2) is 4.98 Å². The van der Waals surface area contributed by atoms with Gasteiger partial charge >= 0.3 is 0 Å². The number of hydrogen-bond donors (Lipinski definition) is 1. The van der Waals surface area contributed by atoms with E-state index in [2.05, 4.69) is 55.2 Å². The lowest BCUT2D eigenvalue weighted by Gasteiger charge is -2.18. The second-order valence-electron chi connectivity index (χ2n) is 4.38. The summed E-state index contributed by atoms with van der Waals surface area (Å²) in [4.78, 5) is 4.15. The van der Waals surface area contributed by atoms with Crippen LogP contribution in [0.15, 0.2) is 39.4 Å². The van der Waals surface area contributed by atoms with Crippen LogP contribution in [0.1, 0.15) is 24.1 Å². The molecule has 0 aliphatic heterocycles. The van der Waals surface area contributed by atoms with E-state index >= 15 is 0 Å². The van der Waals surface area contributed by atoms with Gasteiger partial charge in [-0.2, -0.15) is 0 Å². The highest BCUT2D eigenvalue weighted by molar-refractivity contribution is 9.11. The maximum Gasteiger partial charge on any atom is 0.152 e. The average molecular weight is 405 g/mol. The molecule has 0 fully saturated rings. The van der Waals surface area contributed by atoms with Gasteiger partial charge in [0.25, 0.3) is 0 Å². The molecule has 100 valence electrons. The third-order valence-electron chi connectivity index (χ3n) is 2.78. The Morgan fingerprint density at radius 1 is 1.26 bits per heavy atom. The molecule has 2 rings (SSSR count). The zero-order valence-electron chi connectivity index (χ0n) is 10.5. The molecule has 1 unspecified atom stereocenters. The smallest absolute Gasteiger partial charge is 0.152 e. The molecular formula is C14H13Br2ClN2. The monoisotopic (exact) mass is 402 g/mol. The molecule has 5 heteroatoms. The van der Waals surface area contributed by atoms with Crippen molar-refractivity contribution in [2.45, 2.75) is 19.9 Å². The summed E-state index contributed by atoms with van der Waals surface area (Å²) in [7, 11) is 0. The summed E-state index contributed by atoms with van der Waals surface area (Å²) >= 11 is 13.1. The minimum atomic E-state index is 0.128. The Kier molecular flexibility index (Phi) is 4.87. The summed E-state index contributed by atoms with van der Waals surface area (Å²) < 4.78 is 2.10. The predicted molar refractivity (Wildman–Crippen MR) is 87.9 cm³/mol. The minimum absolute atomic E-state index is 0.128. The van der Waals surface area contributed by atoms with Crippen LogP contribution < -0.4 is 5.32 Å². The van der Waals surface area contributed by atoms with E-state index < -0.39 is 0 Å². The summed E-state index contributed by atoms with van der Waals surface area (Å²) in [6, 6.07) is 8.25. The van der Waals surface area contributed by atoms with Gasteiger partial charge in [-0.25, -0.2) is 4.98 Å². The molecule has 0 saturated heterocycles. The van der Waals surface area contributed by atoms with Crippen molar-refractivity contribution in [2.24, 2.45) is 0 Å². The summed E-state index contributed by atoms with van der Waals surface area (Å²) in [5, 5.41) is 3.88. The Hall–Kier alpha value is -0.580. The van der Waals surface area contributed by atoms with Crippen LogP contribution >= 0.6 is 43.5 Å². The molecular weight excluding hydrogens is 391 g/mol. The first-order valence-corrected chi connectivity index (χ1v) is 7.77. The van der Waals surface area contributed by atoms with E-state index in [0.29, 0.717) is 5.15 Å². The highest BCUT2D eigenvalue weighted by Gasteiger charge is 2.11. The molecule has 1 aromatic heterocycles. The molecule has 1 aromatic carbocycles. The van der Waals surface area contributed by atoms with Crippen LogP contribution in [0, 0.1) is 6.92 Å². The molecule has 2 aromatic rings. The zero-order valence-corrected chi connectivity index (χ0v) is 14.5. The Morgan fingerprint density at radius 2 is 2.00 bits per heavy atom. The number of halogens is 3. The van der Waals surface area contributed by atoms with Crippen LogP contribution in [0.3, 0.4) is 0 Å². The predicted octanol–water partition coefficient (Wildman–Crippen LogP) is 5.74. The van der Waals surface area contributed by atoms with Crippen molar-refractivity contribution in [3.63, 3.8) is 0 Å². The van der Waals surface area contributed by atoms with Crippen molar-refractivity contribution >= 4 is 49.1 Å². The SMILES string of the molecule is Cc1cnc(Cl)c(NC(C)c2ccc(Br)cc2Br)c1. The molecule has 0 radical (unpaired) electrons. The third kappa shape index (κ3) is 3.71. The summed E-state index contributed by atoms with van der Waals surface area (Å²) in [6.07, 6.45) is 1.76. The molecule has 2 nitrogen and oxygen atoms in total. The van der Waals surface area contributed by atoms with Crippen LogP contribution in [-0.2, 0) is 0 Å². The number of hydrogen-bond acceptors (Lipinski definition) is 2. The van der Waals surface area contributed by atoms with Crippen LogP contribution in [0.5, 0.6) is 0 Å². The molecule has 0 bridgehead atoms. The van der Waals surface area contributed by atoms with Crippen molar-refractivity contribution in [3.8, 4) is 0 Å². The number of aryl methyl sites for hydroxylation is 1. The second kappa shape index (κ2) is 6.25. The first kappa shape index (κ1) is 14.8. The quantitative estimate of drug-likeness (QED) is 0.660. The van der Waals surface area contributed by atoms with Crippen molar-refractivity contribution < 1.29 is 0 Å². The standard InChI is InChI=1S/C14H13Br2ClN2/c1-8-5-13(14(17)18-7-8)19-9(2)11-4-3-10(15)6-12(11)16/h3-7,9,19H,1-2H3. The fourth-order valence-corrected chi connectivity index (χ4v) is 3.37. The van der Waals surface area contributed by atoms with Crippen LogP contribution in [0.25, 0.3) is 0 Å². The molecule has 1 heterocycles. The number of nitrogens with one attached hydrogen (secondary N) is 1. The highest BCUT2D eigenvalue weighted by Crippen LogP contribution is 2.30. The lowest BCUT2D eigenvalue weighted by molar-refractivity contribution is 0.876. The summed E-state index contributed by atoms with van der Waals surface area (Å²) in [5.41, 5.74) is 3.10. The number of nitrogens with zero attached hydrogens (tertiary/aromatic N) is 1. The van der Waals surface area contributed by atoms with Crippen LogP contribution in [0.4, 0.5) is 5.69 Å². The number of benzene rings is 1. The van der Waals surface area contributed by atoms with Gasteiger partial charge in [-0.3, -0.25) is 0 Å². The van der Waals surface area contributed by atoms with E-state index in [-0.39, 0.29) is 6.04 Å². The molecule has 1 N–H and O–H groups in total. The number of anilines is 1. The molecule has 0 aliphatic carbocycles. The first-order valence-electron chi connectivity index (χ1n) is 5.81. The number of aromatic nitrogens is 1. The third-order valence-corrected chi connectivity index (χ3v) is 4.26. The van der Waals surface area contributed by atoms with Crippen molar-refractivity contribution in [2.75, 3.05) is 5.32 Å². The largest absolute Gasteiger partial charge is 0.376 e. The van der Waals surface area contributed by atoms with Gasteiger partial charge in [0.1, 0.15) is 0 Å². The van der Waals surface area contributed by atoms with E-state index in [9.17, 15) is 0 Å². The summed E-state index contributed by atoms with van der Waals surface area (Å²) in [6.45, 7) is 4.08. The Morgan fingerprint density at radius 3 is 2.68 bits per heavy atom. The van der Waals surface area contributed by atoms with Crippen molar-refractivity contribution in [1.29, 1.82) is 0 Å². The highest BCUT2D eigenvalue weighted by atomic mass is 79.9. The number of rotatable bonds is 3. The Labute approximate surface area is 134 Å². The molecule has 19 heavy (non-hydrogen) atoms. The number of pyridine rings is 1. The van der Waals surface area contributed by atoms with Gasteiger partial charge in [0.15, 0.2) is 5.15 Å². The van der Waals surface area contributed by atoms with E-state index in [1.165, 1.54) is 5.56 Å². The van der Waals surface area contributed by atoms with E-state index in [0.717, 1.165) is 20.2 Å². The van der Waals surface area contributed by atoms with E-state index in [1.807, 2.05) is 25.1 Å². The Balaban J connectivity index is 2.25. The van der Waals surface area contributed by atoms with Crippen molar-refractivity contribution in [1.82, 2.24) is 4.98 Å². The first-order chi connectivity index (χ1) is 8.97. The minimum Gasteiger partial charge on any atom is -0.376 e. The normalized spacial score (nSPS) is 12.3. The van der Waals surface area contributed by atoms with Gasteiger partial charge in [-0.1, -0.05) is 49.5 Å². The molecule has 1 atom stereocenters. The van der Waals surface area contributed by atoms with E-state index in [4.69, 9.17) is 11.6 Å². The fraction of sp³-hybridized carbons (Fsp3) is 0.214. The van der Waals surface area contributed by atoms with Gasteiger partial charge in [0.2, 0.25) is 0 Å². The lowest BCUT2D eigenvalue weighted by atomic mass is 10.1. The Bertz CT molecular complexity index is 602. The fourth-order valence-electron chi connectivity index (χ4n) is 1.82. The summed E-state index contributed by atoms with van der Waals surface area (Å²) in [5.74, 6) is 0. The van der Waals surface area contributed by atoms with Gasteiger partial charge in [0.05, 0.1) is 5.69 Å². The average Bonchev–Trinajstić information content (AvgIpc) is 2.33. The van der Waals surface area contributed by atoms with E-state index in [1.54, 1.807) is 6.20 Å². The molecule has 0 saturated carbocycles. The lowest BCUT2D eigenvalue weighted by Crippen LogP contribution is -2.08.